The van der Waals surface area contributed by atoms with Gasteiger partial charge < -0.3 is 39.0 Å². The number of rotatable bonds is 9. The van der Waals surface area contributed by atoms with Crippen LogP contribution in [0.15, 0.2) is 30.6 Å². The monoisotopic (exact) mass is 747 g/mol. The largest absolute Gasteiger partial charge is 0.455 e. The molecule has 0 saturated carbocycles. The number of amides is 1. The van der Waals surface area contributed by atoms with Crippen molar-refractivity contribution in [1.29, 1.82) is 0 Å². The van der Waals surface area contributed by atoms with E-state index in [1.807, 2.05) is 38.9 Å². The average molecular weight is 748 g/mol. The highest BCUT2D eigenvalue weighted by Crippen LogP contribution is 2.41. The Kier molecular flexibility index (Phi) is 13.6. The summed E-state index contributed by atoms with van der Waals surface area (Å²) in [5.41, 5.74) is -5.45. The number of fused-ring (bicyclic) bond motifs is 1. The number of Topliss-reactive ketones (excluding diaryl/α,β-unsaturated/α-hetero) is 2. The van der Waals surface area contributed by atoms with Crippen LogP contribution in [0, 0.1) is 17.8 Å². The number of likely N-dealkylation sites (N-methyl/N-ethyl adjacent to an activating group) is 1. The second kappa shape index (κ2) is 17.0. The smallest absolute Gasteiger partial charge is 0.408 e. The van der Waals surface area contributed by atoms with Crippen molar-refractivity contribution in [3.8, 4) is 0 Å². The van der Waals surface area contributed by atoms with Gasteiger partial charge in [0.05, 0.1) is 30.5 Å². The zero-order valence-corrected chi connectivity index (χ0v) is 32.7. The molecule has 1 amide bonds. The molecule has 0 bridgehead atoms. The molecule has 53 heavy (non-hydrogen) atoms. The van der Waals surface area contributed by atoms with Crippen molar-refractivity contribution in [3.05, 3.63) is 36.2 Å². The number of esters is 1. The van der Waals surface area contributed by atoms with Gasteiger partial charge in [-0.15, -0.1) is 0 Å². The summed E-state index contributed by atoms with van der Waals surface area (Å²) in [6.45, 7) is 12.5. The Bertz CT molecular complexity index is 1490. The van der Waals surface area contributed by atoms with Crippen molar-refractivity contribution in [3.63, 3.8) is 0 Å². The van der Waals surface area contributed by atoms with Crippen LogP contribution in [0.5, 0.6) is 0 Å². The van der Waals surface area contributed by atoms with Gasteiger partial charge in [-0.05, 0) is 72.7 Å². The molecule has 1 aromatic heterocycles. The van der Waals surface area contributed by atoms with Crippen LogP contribution >= 0.6 is 0 Å². The normalized spacial score (nSPS) is 40.4. The van der Waals surface area contributed by atoms with Gasteiger partial charge in [-0.2, -0.15) is 0 Å². The Labute approximate surface area is 312 Å². The van der Waals surface area contributed by atoms with Gasteiger partial charge in [-0.1, -0.05) is 52.3 Å². The predicted octanol–water partition coefficient (Wildman–Crippen LogP) is 4.44. The SMILES string of the molecule is CCC[C@H]1OC(=O)[C@@](C)(F)C(=O)[C@H](C)[C@@H](O[C@@H]2O[C@H](C)C[C@H](N(C)C)[C@H]2O)[C@](C)(OC/C=C/c2cccnc2)C[C@@H](C)C(=O)[C@H](C)[C@@H]2NC(=O)O[C@]12C. The molecule has 13 atom stereocenters. The molecule has 3 aliphatic heterocycles. The van der Waals surface area contributed by atoms with E-state index in [9.17, 15) is 24.3 Å². The number of alkyl halides is 1. The maximum atomic E-state index is 16.9. The molecular weight excluding hydrogens is 689 g/mol. The summed E-state index contributed by atoms with van der Waals surface area (Å²) in [4.78, 5) is 61.2. The van der Waals surface area contributed by atoms with Crippen LogP contribution in [0.1, 0.15) is 86.6 Å². The molecular formula is C39H58FN3O10. The minimum atomic E-state index is -3.18. The van der Waals surface area contributed by atoms with Gasteiger partial charge >= 0.3 is 12.1 Å². The molecule has 296 valence electrons. The lowest BCUT2D eigenvalue weighted by Crippen LogP contribution is -2.61. The first-order valence-electron chi connectivity index (χ1n) is 18.6. The highest BCUT2D eigenvalue weighted by molar-refractivity contribution is 6.08. The van der Waals surface area contributed by atoms with E-state index in [1.165, 1.54) is 6.92 Å². The molecule has 14 heteroatoms. The molecule has 3 saturated heterocycles. The number of ether oxygens (including phenoxy) is 5. The van der Waals surface area contributed by atoms with E-state index in [4.69, 9.17) is 23.7 Å². The van der Waals surface area contributed by atoms with Gasteiger partial charge in [0.1, 0.15) is 18.0 Å². The van der Waals surface area contributed by atoms with Crippen molar-refractivity contribution in [2.75, 3.05) is 20.7 Å². The lowest BCUT2D eigenvalue weighted by molar-refractivity contribution is -0.297. The molecule has 2 N–H and O–H groups in total. The molecule has 0 radical (unpaired) electrons. The number of alkyl carbamates (subject to hydrolysis) is 1. The maximum Gasteiger partial charge on any atom is 0.408 e. The van der Waals surface area contributed by atoms with Crippen LogP contribution in [0.3, 0.4) is 0 Å². The molecule has 4 rings (SSSR count). The van der Waals surface area contributed by atoms with Crippen molar-refractivity contribution in [2.45, 2.75) is 141 Å². The van der Waals surface area contributed by atoms with E-state index in [2.05, 4.69) is 10.3 Å². The molecule has 0 aliphatic carbocycles. The summed E-state index contributed by atoms with van der Waals surface area (Å²) in [5.74, 6) is -5.87. The fourth-order valence-corrected chi connectivity index (χ4v) is 8.15. The van der Waals surface area contributed by atoms with Gasteiger partial charge in [0.15, 0.2) is 17.7 Å². The summed E-state index contributed by atoms with van der Waals surface area (Å²) < 4.78 is 47.6. The number of aliphatic hydroxyl groups excluding tert-OH is 1. The lowest BCUT2D eigenvalue weighted by atomic mass is 9.73. The number of aliphatic hydroxyl groups is 1. The van der Waals surface area contributed by atoms with Gasteiger partial charge in [-0.3, -0.25) is 14.6 Å². The summed E-state index contributed by atoms with van der Waals surface area (Å²) in [6, 6.07) is 2.32. The number of carbonyl (C=O) groups excluding carboxylic acids is 4. The first kappa shape index (κ1) is 42.4. The molecule has 4 heterocycles. The fourth-order valence-electron chi connectivity index (χ4n) is 8.15. The minimum Gasteiger partial charge on any atom is -0.455 e. The average Bonchev–Trinajstić information content (AvgIpc) is 3.42. The number of hydrogen-bond acceptors (Lipinski definition) is 12. The van der Waals surface area contributed by atoms with E-state index in [-0.39, 0.29) is 37.4 Å². The van der Waals surface area contributed by atoms with Crippen molar-refractivity contribution in [1.82, 2.24) is 15.2 Å². The van der Waals surface area contributed by atoms with E-state index in [1.54, 1.807) is 58.3 Å². The van der Waals surface area contributed by atoms with Crippen LogP contribution in [0.2, 0.25) is 0 Å². The summed E-state index contributed by atoms with van der Waals surface area (Å²) in [6.07, 6.45) is 1.80. The number of cyclic esters (lactones) is 1. The molecule has 3 fully saturated rings. The highest BCUT2D eigenvalue weighted by Gasteiger charge is 2.59. The van der Waals surface area contributed by atoms with Crippen LogP contribution in [-0.2, 0) is 38.1 Å². The number of ketones is 2. The predicted molar refractivity (Wildman–Crippen MR) is 193 cm³/mol. The van der Waals surface area contributed by atoms with Crippen LogP contribution in [0.25, 0.3) is 6.08 Å². The standard InChI is InChI=1S/C39H58FN3O10/c1-11-14-28-39(8)31(42-36(48)53-39)24(4)29(44)22(2)20-37(6,49-18-13-16-26-15-12-17-41-21-26)33(25(5)32(46)38(7,40)35(47)51-28)52-34-30(45)27(43(9)10)19-23(3)50-34/h12-13,15-17,21-25,27-28,30-31,33-34,45H,11,14,18-20H2,1-10H3,(H,42,48)/b16-13+/t22-,23-,24+,25+,27+,28-,30-,31+,33-,34+,37-,38+,39-/m1/s1. The number of nitrogens with zero attached hydrogens (tertiary/aromatic N) is 2. The molecule has 1 aromatic rings. The van der Waals surface area contributed by atoms with Gasteiger partial charge in [0, 0.05) is 36.2 Å². The number of nitrogens with one attached hydrogen (secondary N) is 1. The Morgan fingerprint density at radius 3 is 2.43 bits per heavy atom. The molecule has 0 unspecified atom stereocenters. The van der Waals surface area contributed by atoms with Crippen LogP contribution in [0.4, 0.5) is 9.18 Å². The minimum absolute atomic E-state index is 0.0222. The summed E-state index contributed by atoms with van der Waals surface area (Å²) in [5, 5.41) is 14.2. The molecule has 0 spiro atoms. The van der Waals surface area contributed by atoms with Crippen LogP contribution < -0.4 is 5.32 Å². The Hall–Kier alpha value is -3.30. The van der Waals surface area contributed by atoms with Gasteiger partial charge in [0.25, 0.3) is 5.67 Å². The molecule has 3 aliphatic rings. The summed E-state index contributed by atoms with van der Waals surface area (Å²) >= 11 is 0. The number of hydrogen-bond donors (Lipinski definition) is 2. The Morgan fingerprint density at radius 2 is 1.81 bits per heavy atom. The molecule has 0 aromatic carbocycles. The van der Waals surface area contributed by atoms with E-state index in [0.717, 1.165) is 12.5 Å². The Morgan fingerprint density at radius 1 is 1.11 bits per heavy atom. The third-order valence-corrected chi connectivity index (χ3v) is 11.2. The maximum absolute atomic E-state index is 16.9. The molecule has 13 nitrogen and oxygen atoms in total. The zero-order chi connectivity index (χ0) is 39.5. The first-order valence-corrected chi connectivity index (χ1v) is 18.6. The number of pyridine rings is 1. The number of halogens is 1. The Balaban J connectivity index is 1.84. The van der Waals surface area contributed by atoms with Crippen molar-refractivity contribution >= 4 is 29.7 Å². The van der Waals surface area contributed by atoms with Crippen LogP contribution in [-0.4, -0.2) is 119 Å². The second-order valence-electron chi connectivity index (χ2n) is 15.8. The summed E-state index contributed by atoms with van der Waals surface area (Å²) in [7, 11) is 3.64. The quantitative estimate of drug-likeness (QED) is 0.270. The van der Waals surface area contributed by atoms with Gasteiger partial charge in [-0.25, -0.2) is 14.0 Å². The number of carbonyl (C=O) groups is 4. The van der Waals surface area contributed by atoms with Gasteiger partial charge in [0.2, 0.25) is 0 Å². The first-order chi connectivity index (χ1) is 24.8. The zero-order valence-electron chi connectivity index (χ0n) is 32.7. The third-order valence-electron chi connectivity index (χ3n) is 11.2. The fraction of sp³-hybridized carbons (Fsp3) is 0.718. The van der Waals surface area contributed by atoms with E-state index in [0.29, 0.717) is 12.8 Å². The van der Waals surface area contributed by atoms with E-state index < -0.39 is 83.1 Å². The van der Waals surface area contributed by atoms with Crippen molar-refractivity contribution in [2.24, 2.45) is 17.8 Å². The lowest BCUT2D eigenvalue weighted by Gasteiger charge is -2.47. The third kappa shape index (κ3) is 9.16. The van der Waals surface area contributed by atoms with Crippen molar-refractivity contribution < 1.29 is 52.4 Å². The van der Waals surface area contributed by atoms with E-state index >= 15 is 4.39 Å². The highest BCUT2D eigenvalue weighted by atomic mass is 19.1. The topological polar surface area (TPSA) is 163 Å². The number of aromatic nitrogens is 1. The second-order valence-corrected chi connectivity index (χ2v) is 15.8.